The molecule has 0 unspecified atom stereocenters. The molecule has 0 aliphatic heterocycles. The van der Waals surface area contributed by atoms with E-state index in [0.717, 1.165) is 39.2 Å². The highest BCUT2D eigenvalue weighted by Gasteiger charge is 2.39. The van der Waals surface area contributed by atoms with Crippen molar-refractivity contribution in [3.05, 3.63) is 120 Å². The highest BCUT2D eigenvalue weighted by atomic mass is 127. The van der Waals surface area contributed by atoms with Gasteiger partial charge in [0.15, 0.2) is 5.60 Å². The lowest BCUT2D eigenvalue weighted by atomic mass is 9.79. The molecule has 1 aliphatic rings. The fourth-order valence-electron chi connectivity index (χ4n) is 4.13. The highest BCUT2D eigenvalue weighted by Crippen LogP contribution is 2.44. The van der Waals surface area contributed by atoms with Crippen LogP contribution in [0.15, 0.2) is 103 Å². The van der Waals surface area contributed by atoms with E-state index in [1.807, 2.05) is 0 Å². The van der Waals surface area contributed by atoms with Crippen LogP contribution in [0.3, 0.4) is 0 Å². The summed E-state index contributed by atoms with van der Waals surface area (Å²) in [6.07, 6.45) is 7.27. The quantitative estimate of drug-likeness (QED) is 0.136. The number of allylic oxidation sites excluding steroid dienone is 2. The fourth-order valence-corrected chi connectivity index (χ4v) is 4.62. The Morgan fingerprint density at radius 1 is 0.793 bits per heavy atom. The first-order chi connectivity index (χ1) is 14.3. The van der Waals surface area contributed by atoms with E-state index in [-0.39, 0.29) is 0 Å². The van der Waals surface area contributed by atoms with E-state index in [0.29, 0.717) is 0 Å². The fraction of sp³-hybridized carbons (Fsp3) is 0.259. The SMILES string of the molecule is ICC=C(CC1CCC1)OC(c1ccccc1)(c1ccccc1)c1ccccc1. The molecule has 0 atom stereocenters. The first-order valence-corrected chi connectivity index (χ1v) is 12.0. The van der Waals surface area contributed by atoms with Crippen LogP contribution in [0.5, 0.6) is 0 Å². The van der Waals surface area contributed by atoms with Crippen LogP contribution < -0.4 is 0 Å². The van der Waals surface area contributed by atoms with Crippen molar-refractivity contribution in [2.24, 2.45) is 5.92 Å². The first-order valence-electron chi connectivity index (χ1n) is 10.4. The number of rotatable bonds is 8. The van der Waals surface area contributed by atoms with Gasteiger partial charge < -0.3 is 4.74 Å². The van der Waals surface area contributed by atoms with E-state index in [9.17, 15) is 0 Å². The minimum Gasteiger partial charge on any atom is -0.478 e. The molecule has 148 valence electrons. The van der Waals surface area contributed by atoms with Gasteiger partial charge in [0.05, 0.1) is 5.76 Å². The summed E-state index contributed by atoms with van der Waals surface area (Å²) in [6.45, 7) is 0. The standard InChI is InChI=1S/C27H27IO/c28-20-19-26(21-22-11-10-12-22)29-27(23-13-4-1-5-14-23,24-15-6-2-7-16-24)25-17-8-3-9-18-25/h1-9,13-19,22H,10-12,20-21H2. The number of alkyl halides is 1. The van der Waals surface area contributed by atoms with E-state index in [4.69, 9.17) is 4.74 Å². The molecule has 3 aromatic rings. The average Bonchev–Trinajstić information content (AvgIpc) is 2.76. The van der Waals surface area contributed by atoms with Gasteiger partial charge in [-0.25, -0.2) is 0 Å². The Balaban J connectivity index is 1.88. The second-order valence-electron chi connectivity index (χ2n) is 7.71. The zero-order valence-electron chi connectivity index (χ0n) is 16.6. The maximum Gasteiger partial charge on any atom is 0.184 e. The Kier molecular flexibility index (Phi) is 6.70. The average molecular weight is 494 g/mol. The number of benzene rings is 3. The molecule has 3 aromatic carbocycles. The Morgan fingerprint density at radius 2 is 1.24 bits per heavy atom. The van der Waals surface area contributed by atoms with E-state index in [1.165, 1.54) is 19.3 Å². The van der Waals surface area contributed by atoms with Crippen molar-refractivity contribution in [2.75, 3.05) is 4.43 Å². The van der Waals surface area contributed by atoms with Gasteiger partial charge in [-0.05, 0) is 12.0 Å². The van der Waals surface area contributed by atoms with Crippen LogP contribution in [0, 0.1) is 5.92 Å². The molecule has 1 aliphatic carbocycles. The summed E-state index contributed by atoms with van der Waals surface area (Å²) in [7, 11) is 0. The molecule has 0 heterocycles. The lowest BCUT2D eigenvalue weighted by Crippen LogP contribution is -2.33. The molecule has 2 heteroatoms. The molecule has 1 fully saturated rings. The van der Waals surface area contributed by atoms with Crippen molar-refractivity contribution >= 4 is 22.6 Å². The highest BCUT2D eigenvalue weighted by molar-refractivity contribution is 14.1. The lowest BCUT2D eigenvalue weighted by molar-refractivity contribution is 0.0559. The molecule has 0 saturated heterocycles. The van der Waals surface area contributed by atoms with Crippen LogP contribution in [-0.2, 0) is 10.3 Å². The molecular weight excluding hydrogens is 467 g/mol. The third-order valence-corrected chi connectivity index (χ3v) is 6.28. The van der Waals surface area contributed by atoms with Gasteiger partial charge in [0.2, 0.25) is 0 Å². The van der Waals surface area contributed by atoms with Crippen molar-refractivity contribution in [3.63, 3.8) is 0 Å². The molecule has 0 spiro atoms. The summed E-state index contributed by atoms with van der Waals surface area (Å²) in [5, 5.41) is 0. The minimum atomic E-state index is -0.662. The third-order valence-electron chi connectivity index (χ3n) is 5.84. The second kappa shape index (κ2) is 9.62. The topological polar surface area (TPSA) is 9.23 Å². The van der Waals surface area contributed by atoms with Gasteiger partial charge in [-0.15, -0.1) is 0 Å². The summed E-state index contributed by atoms with van der Waals surface area (Å²) < 4.78 is 8.05. The number of hydrogen-bond acceptors (Lipinski definition) is 1. The Bertz CT molecular complexity index is 818. The van der Waals surface area contributed by atoms with Crippen molar-refractivity contribution in [1.29, 1.82) is 0 Å². The molecule has 4 rings (SSSR count). The van der Waals surface area contributed by atoms with Gasteiger partial charge in [-0.1, -0.05) is 133 Å². The van der Waals surface area contributed by atoms with Crippen LogP contribution in [0.25, 0.3) is 0 Å². The van der Waals surface area contributed by atoms with Gasteiger partial charge >= 0.3 is 0 Å². The predicted octanol–water partition coefficient (Wildman–Crippen LogP) is 7.50. The normalized spacial score (nSPS) is 15.0. The summed E-state index contributed by atoms with van der Waals surface area (Å²) in [5.41, 5.74) is 2.81. The van der Waals surface area contributed by atoms with E-state index in [1.54, 1.807) is 0 Å². The summed E-state index contributed by atoms with van der Waals surface area (Å²) >= 11 is 2.42. The maximum atomic E-state index is 7.10. The number of halogens is 1. The van der Waals surface area contributed by atoms with Gasteiger partial charge in [-0.3, -0.25) is 0 Å². The smallest absolute Gasteiger partial charge is 0.184 e. The Labute approximate surface area is 188 Å². The summed E-state index contributed by atoms with van der Waals surface area (Å²) in [4.78, 5) is 0. The van der Waals surface area contributed by atoms with Crippen LogP contribution in [0.1, 0.15) is 42.4 Å². The molecule has 29 heavy (non-hydrogen) atoms. The molecule has 1 saturated carbocycles. The summed E-state index contributed by atoms with van der Waals surface area (Å²) in [6, 6.07) is 31.9. The van der Waals surface area contributed by atoms with Crippen molar-refractivity contribution < 1.29 is 4.74 Å². The summed E-state index contributed by atoms with van der Waals surface area (Å²) in [5.74, 6) is 1.87. The Hall–Kier alpha value is -2.07. The van der Waals surface area contributed by atoms with E-state index in [2.05, 4.69) is 120 Å². The van der Waals surface area contributed by atoms with Crippen LogP contribution in [0.4, 0.5) is 0 Å². The molecular formula is C27H27IO. The van der Waals surface area contributed by atoms with Gasteiger partial charge in [0, 0.05) is 27.5 Å². The molecule has 1 nitrogen and oxygen atoms in total. The van der Waals surface area contributed by atoms with Crippen LogP contribution >= 0.6 is 22.6 Å². The van der Waals surface area contributed by atoms with Crippen molar-refractivity contribution in [3.8, 4) is 0 Å². The molecule has 0 radical (unpaired) electrons. The third kappa shape index (κ3) is 4.42. The zero-order chi connectivity index (χ0) is 19.9. The monoisotopic (exact) mass is 494 g/mol. The molecule has 0 amide bonds. The zero-order valence-corrected chi connectivity index (χ0v) is 18.8. The van der Waals surface area contributed by atoms with Crippen LogP contribution in [0.2, 0.25) is 0 Å². The minimum absolute atomic E-state index is 0.662. The number of hydrogen-bond donors (Lipinski definition) is 0. The van der Waals surface area contributed by atoms with Gasteiger partial charge in [0.25, 0.3) is 0 Å². The predicted molar refractivity (Wildman–Crippen MR) is 129 cm³/mol. The first kappa shape index (κ1) is 20.2. The van der Waals surface area contributed by atoms with E-state index >= 15 is 0 Å². The van der Waals surface area contributed by atoms with E-state index < -0.39 is 5.60 Å². The van der Waals surface area contributed by atoms with Crippen LogP contribution in [-0.4, -0.2) is 4.43 Å². The van der Waals surface area contributed by atoms with Gasteiger partial charge in [-0.2, -0.15) is 0 Å². The number of ether oxygens (including phenoxy) is 1. The van der Waals surface area contributed by atoms with Crippen molar-refractivity contribution in [2.45, 2.75) is 31.3 Å². The van der Waals surface area contributed by atoms with Gasteiger partial charge in [0.1, 0.15) is 0 Å². The largest absolute Gasteiger partial charge is 0.478 e. The molecule has 0 N–H and O–H groups in total. The second-order valence-corrected chi connectivity index (χ2v) is 8.59. The van der Waals surface area contributed by atoms with Crippen molar-refractivity contribution in [1.82, 2.24) is 0 Å². The molecule has 0 bridgehead atoms. The Morgan fingerprint density at radius 3 is 1.59 bits per heavy atom. The lowest BCUT2D eigenvalue weighted by Gasteiger charge is -2.38. The molecule has 0 aromatic heterocycles. The maximum absolute atomic E-state index is 7.10.